The number of halogens is 3. The number of hydrogen-bond donors (Lipinski definition) is 1. The van der Waals surface area contributed by atoms with Gasteiger partial charge in [0.2, 0.25) is 0 Å². The molecule has 1 atom stereocenters. The molecule has 3 nitrogen and oxygen atoms in total. The molecule has 0 aromatic heterocycles. The molecule has 0 fully saturated rings. The maximum absolute atomic E-state index is 12.4. The summed E-state index contributed by atoms with van der Waals surface area (Å²) in [5, 5.41) is 0. The van der Waals surface area contributed by atoms with Crippen molar-refractivity contribution in [2.24, 2.45) is 5.73 Å². The molecule has 1 unspecified atom stereocenters. The smallest absolute Gasteiger partial charge is 0.383 e. The Bertz CT molecular complexity index is 270. The first-order valence-electron chi connectivity index (χ1n) is 7.76. The normalized spacial score (nSPS) is 15.7. The Morgan fingerprint density at radius 1 is 1.14 bits per heavy atom. The first-order chi connectivity index (χ1) is 9.74. The average Bonchev–Trinajstić information content (AvgIpc) is 2.41. The summed E-state index contributed by atoms with van der Waals surface area (Å²) in [5.74, 6) is 0. The van der Waals surface area contributed by atoms with Crippen LogP contribution < -0.4 is 5.73 Å². The van der Waals surface area contributed by atoms with E-state index in [9.17, 15) is 13.2 Å². The van der Waals surface area contributed by atoms with Crippen molar-refractivity contribution in [2.45, 2.75) is 70.6 Å². The SMILES string of the molecule is CCC(CC)N(CCOC)C(C)(CN)CCCC(F)(F)F. The van der Waals surface area contributed by atoms with Gasteiger partial charge in [-0.15, -0.1) is 0 Å². The van der Waals surface area contributed by atoms with Crippen LogP contribution in [0.5, 0.6) is 0 Å². The Morgan fingerprint density at radius 3 is 2.10 bits per heavy atom. The topological polar surface area (TPSA) is 38.5 Å². The third-order valence-corrected chi connectivity index (χ3v) is 4.23. The minimum Gasteiger partial charge on any atom is -0.383 e. The lowest BCUT2D eigenvalue weighted by Crippen LogP contribution is -2.56. The summed E-state index contributed by atoms with van der Waals surface area (Å²) in [7, 11) is 1.63. The minimum atomic E-state index is -4.10. The number of hydrogen-bond acceptors (Lipinski definition) is 3. The molecule has 0 rings (SSSR count). The van der Waals surface area contributed by atoms with E-state index < -0.39 is 18.1 Å². The van der Waals surface area contributed by atoms with E-state index in [2.05, 4.69) is 18.7 Å². The fourth-order valence-electron chi connectivity index (χ4n) is 2.84. The van der Waals surface area contributed by atoms with Crippen LogP contribution in [0.15, 0.2) is 0 Å². The maximum Gasteiger partial charge on any atom is 0.389 e. The number of alkyl halides is 3. The van der Waals surface area contributed by atoms with Gasteiger partial charge in [0.25, 0.3) is 0 Å². The molecule has 0 heterocycles. The molecule has 0 radical (unpaired) electrons. The van der Waals surface area contributed by atoms with Gasteiger partial charge in [-0.05, 0) is 32.6 Å². The number of nitrogens with two attached hydrogens (primary N) is 1. The highest BCUT2D eigenvalue weighted by Crippen LogP contribution is 2.29. The van der Waals surface area contributed by atoms with Gasteiger partial charge in [0.05, 0.1) is 6.61 Å². The van der Waals surface area contributed by atoms with Gasteiger partial charge in [0.15, 0.2) is 0 Å². The molecular weight excluding hydrogens is 281 g/mol. The van der Waals surface area contributed by atoms with Crippen LogP contribution >= 0.6 is 0 Å². The van der Waals surface area contributed by atoms with Crippen molar-refractivity contribution < 1.29 is 17.9 Å². The number of methoxy groups -OCH3 is 1. The minimum absolute atomic E-state index is 0.112. The van der Waals surface area contributed by atoms with E-state index in [-0.39, 0.29) is 6.42 Å². The highest BCUT2D eigenvalue weighted by Gasteiger charge is 2.35. The molecule has 6 heteroatoms. The van der Waals surface area contributed by atoms with E-state index in [1.54, 1.807) is 7.11 Å². The largest absolute Gasteiger partial charge is 0.389 e. The molecule has 0 spiro atoms. The van der Waals surface area contributed by atoms with Gasteiger partial charge in [0, 0.05) is 38.2 Å². The average molecular weight is 312 g/mol. The summed E-state index contributed by atoms with van der Waals surface area (Å²) in [5.41, 5.74) is 5.50. The molecule has 0 saturated heterocycles. The Balaban J connectivity index is 4.89. The summed E-state index contributed by atoms with van der Waals surface area (Å²) in [6.45, 7) is 7.78. The third-order valence-electron chi connectivity index (χ3n) is 4.23. The highest BCUT2D eigenvalue weighted by molar-refractivity contribution is 4.91. The number of ether oxygens (including phenoxy) is 1. The molecule has 0 bridgehead atoms. The Hall–Kier alpha value is -0.330. The molecule has 0 amide bonds. The van der Waals surface area contributed by atoms with Crippen molar-refractivity contribution in [1.29, 1.82) is 0 Å². The first kappa shape index (κ1) is 20.7. The molecule has 0 saturated carbocycles. The maximum atomic E-state index is 12.4. The summed E-state index contributed by atoms with van der Waals surface area (Å²) < 4.78 is 42.2. The second kappa shape index (κ2) is 9.64. The van der Waals surface area contributed by atoms with Crippen LogP contribution in [-0.2, 0) is 4.74 Å². The van der Waals surface area contributed by atoms with E-state index >= 15 is 0 Å². The van der Waals surface area contributed by atoms with Crippen LogP contribution in [0.4, 0.5) is 13.2 Å². The Kier molecular flexibility index (Phi) is 9.49. The van der Waals surface area contributed by atoms with Gasteiger partial charge in [-0.1, -0.05) is 13.8 Å². The van der Waals surface area contributed by atoms with E-state index in [0.29, 0.717) is 32.2 Å². The summed E-state index contributed by atoms with van der Waals surface area (Å²) in [6.07, 6.45) is -2.38. The predicted octanol–water partition coefficient (Wildman–Crippen LogP) is 3.57. The van der Waals surface area contributed by atoms with Crippen LogP contribution in [0.25, 0.3) is 0 Å². The molecule has 0 aromatic carbocycles. The summed E-state index contributed by atoms with van der Waals surface area (Å²) >= 11 is 0. The summed E-state index contributed by atoms with van der Waals surface area (Å²) in [6, 6.07) is 0.319. The van der Waals surface area contributed by atoms with Crippen molar-refractivity contribution >= 4 is 0 Å². The lowest BCUT2D eigenvalue weighted by molar-refractivity contribution is -0.137. The molecule has 0 aliphatic rings. The van der Waals surface area contributed by atoms with Crippen LogP contribution in [0.2, 0.25) is 0 Å². The van der Waals surface area contributed by atoms with E-state index in [4.69, 9.17) is 10.5 Å². The summed E-state index contributed by atoms with van der Waals surface area (Å²) in [4.78, 5) is 2.24. The second-order valence-corrected chi connectivity index (χ2v) is 5.83. The lowest BCUT2D eigenvalue weighted by Gasteiger charge is -2.45. The Labute approximate surface area is 127 Å². The quantitative estimate of drug-likeness (QED) is 0.634. The van der Waals surface area contributed by atoms with Crippen molar-refractivity contribution in [3.63, 3.8) is 0 Å². The lowest BCUT2D eigenvalue weighted by atomic mass is 9.89. The van der Waals surface area contributed by atoms with Crippen LogP contribution in [0.1, 0.15) is 52.9 Å². The Morgan fingerprint density at radius 2 is 1.71 bits per heavy atom. The van der Waals surface area contributed by atoms with E-state index in [1.807, 2.05) is 6.92 Å². The molecule has 21 heavy (non-hydrogen) atoms. The number of rotatable bonds is 11. The fraction of sp³-hybridized carbons (Fsp3) is 1.00. The molecule has 2 N–H and O–H groups in total. The molecule has 0 aliphatic carbocycles. The zero-order chi connectivity index (χ0) is 16.5. The number of nitrogens with zero attached hydrogens (tertiary/aromatic N) is 1. The van der Waals surface area contributed by atoms with Gasteiger partial charge in [-0.25, -0.2) is 0 Å². The van der Waals surface area contributed by atoms with Crippen molar-refractivity contribution in [1.82, 2.24) is 4.90 Å². The van der Waals surface area contributed by atoms with Crippen molar-refractivity contribution in [3.8, 4) is 0 Å². The van der Waals surface area contributed by atoms with Crippen LogP contribution in [-0.4, -0.2) is 49.5 Å². The molecule has 128 valence electrons. The van der Waals surface area contributed by atoms with Crippen LogP contribution in [0.3, 0.4) is 0 Å². The first-order valence-corrected chi connectivity index (χ1v) is 7.76. The molecule has 0 aromatic rings. The van der Waals surface area contributed by atoms with Gasteiger partial charge >= 0.3 is 6.18 Å². The zero-order valence-corrected chi connectivity index (χ0v) is 13.8. The second-order valence-electron chi connectivity index (χ2n) is 5.83. The van der Waals surface area contributed by atoms with Gasteiger partial charge in [-0.3, -0.25) is 4.90 Å². The van der Waals surface area contributed by atoms with Crippen LogP contribution in [0, 0.1) is 0 Å². The van der Waals surface area contributed by atoms with E-state index in [0.717, 1.165) is 12.8 Å². The highest BCUT2D eigenvalue weighted by atomic mass is 19.4. The molecular formula is C15H31F3N2O. The van der Waals surface area contributed by atoms with Crippen molar-refractivity contribution in [2.75, 3.05) is 26.8 Å². The zero-order valence-electron chi connectivity index (χ0n) is 13.8. The van der Waals surface area contributed by atoms with Crippen molar-refractivity contribution in [3.05, 3.63) is 0 Å². The standard InChI is InChI=1S/C15H31F3N2O/c1-5-13(6-2)20(10-11-21-4)14(3,12-19)8-7-9-15(16,17)18/h13H,5-12,19H2,1-4H3. The third kappa shape index (κ3) is 7.47. The monoisotopic (exact) mass is 312 g/mol. The van der Waals surface area contributed by atoms with Gasteiger partial charge < -0.3 is 10.5 Å². The molecule has 0 aliphatic heterocycles. The van der Waals surface area contributed by atoms with E-state index in [1.165, 1.54) is 0 Å². The fourth-order valence-corrected chi connectivity index (χ4v) is 2.84. The predicted molar refractivity (Wildman–Crippen MR) is 80.3 cm³/mol. The van der Waals surface area contributed by atoms with Gasteiger partial charge in [0.1, 0.15) is 0 Å². The van der Waals surface area contributed by atoms with Gasteiger partial charge in [-0.2, -0.15) is 13.2 Å².